The smallest absolute Gasteiger partial charge is 0.155 e. The molecule has 1 rings (SSSR count). The highest BCUT2D eigenvalue weighted by Gasteiger charge is 2.24. The van der Waals surface area contributed by atoms with Gasteiger partial charge in [-0.05, 0) is 26.1 Å². The first-order chi connectivity index (χ1) is 8.52. The maximum atomic E-state index is 13.7. The zero-order valence-electron chi connectivity index (χ0n) is 9.86. The van der Waals surface area contributed by atoms with Crippen molar-refractivity contribution >= 4 is 6.29 Å². The standard InChI is InChI=1S/C12H15F2NO3/c1-15-5-4-10(17)12(18)7-2-3-9(13)8(6-16)11(7)14/h2-3,6,10,12,15,17-18H,4-5H2,1H3. The van der Waals surface area contributed by atoms with Crippen molar-refractivity contribution in [3.63, 3.8) is 0 Å². The van der Waals surface area contributed by atoms with Gasteiger partial charge in [-0.3, -0.25) is 4.79 Å². The van der Waals surface area contributed by atoms with E-state index in [0.29, 0.717) is 6.54 Å². The van der Waals surface area contributed by atoms with Gasteiger partial charge in [0.25, 0.3) is 0 Å². The highest BCUT2D eigenvalue weighted by Crippen LogP contribution is 2.24. The summed E-state index contributed by atoms with van der Waals surface area (Å²) in [5.41, 5.74) is -1.03. The molecule has 0 saturated carbocycles. The lowest BCUT2D eigenvalue weighted by molar-refractivity contribution is 0.0119. The first kappa shape index (κ1) is 14.7. The molecule has 0 bridgehead atoms. The molecule has 0 spiro atoms. The Labute approximate surface area is 103 Å². The Kier molecular flexibility index (Phi) is 5.33. The number of halogens is 2. The fourth-order valence-electron chi connectivity index (χ4n) is 1.58. The molecular formula is C12H15F2NO3. The van der Waals surface area contributed by atoms with Crippen LogP contribution in [0.4, 0.5) is 8.78 Å². The summed E-state index contributed by atoms with van der Waals surface area (Å²) in [4.78, 5) is 10.5. The molecule has 1 aromatic rings. The molecule has 0 heterocycles. The quantitative estimate of drug-likeness (QED) is 0.660. The zero-order chi connectivity index (χ0) is 13.7. The molecule has 0 aromatic heterocycles. The fraction of sp³-hybridized carbons (Fsp3) is 0.417. The molecule has 0 radical (unpaired) electrons. The average molecular weight is 259 g/mol. The van der Waals surface area contributed by atoms with Gasteiger partial charge in [0.1, 0.15) is 17.7 Å². The average Bonchev–Trinajstić information content (AvgIpc) is 2.36. The van der Waals surface area contributed by atoms with Crippen molar-refractivity contribution < 1.29 is 23.8 Å². The Morgan fingerprint density at radius 3 is 2.61 bits per heavy atom. The number of carbonyl (C=O) groups excluding carboxylic acids is 1. The largest absolute Gasteiger partial charge is 0.390 e. The summed E-state index contributed by atoms with van der Waals surface area (Å²) < 4.78 is 26.8. The maximum Gasteiger partial charge on any atom is 0.155 e. The van der Waals surface area contributed by atoms with Gasteiger partial charge in [0, 0.05) is 5.56 Å². The van der Waals surface area contributed by atoms with Crippen LogP contribution in [-0.2, 0) is 0 Å². The van der Waals surface area contributed by atoms with Crippen LogP contribution >= 0.6 is 0 Å². The molecule has 2 atom stereocenters. The SMILES string of the molecule is CNCCC(O)C(O)c1ccc(F)c(C=O)c1F. The van der Waals surface area contributed by atoms with E-state index in [2.05, 4.69) is 5.32 Å². The van der Waals surface area contributed by atoms with Crippen LogP contribution in [0.2, 0.25) is 0 Å². The molecular weight excluding hydrogens is 244 g/mol. The van der Waals surface area contributed by atoms with Gasteiger partial charge in [-0.1, -0.05) is 6.07 Å². The lowest BCUT2D eigenvalue weighted by Crippen LogP contribution is -2.24. The minimum Gasteiger partial charge on any atom is -0.390 e. The van der Waals surface area contributed by atoms with E-state index >= 15 is 0 Å². The van der Waals surface area contributed by atoms with E-state index in [1.54, 1.807) is 7.05 Å². The Balaban J connectivity index is 2.99. The van der Waals surface area contributed by atoms with Crippen molar-refractivity contribution in [1.82, 2.24) is 5.32 Å². The lowest BCUT2D eigenvalue weighted by atomic mass is 9.99. The predicted molar refractivity (Wildman–Crippen MR) is 61.3 cm³/mol. The van der Waals surface area contributed by atoms with Gasteiger partial charge in [0.05, 0.1) is 11.7 Å². The molecule has 0 aliphatic carbocycles. The summed E-state index contributed by atoms with van der Waals surface area (Å²) in [7, 11) is 1.67. The van der Waals surface area contributed by atoms with E-state index in [-0.39, 0.29) is 18.3 Å². The third kappa shape index (κ3) is 3.10. The van der Waals surface area contributed by atoms with Crippen molar-refractivity contribution in [3.05, 3.63) is 34.9 Å². The van der Waals surface area contributed by atoms with Crippen LogP contribution in [0.1, 0.15) is 28.4 Å². The van der Waals surface area contributed by atoms with Gasteiger partial charge in [0.15, 0.2) is 6.29 Å². The second-order valence-corrected chi connectivity index (χ2v) is 3.89. The summed E-state index contributed by atoms with van der Waals surface area (Å²) in [6.45, 7) is 0.432. The first-order valence-electron chi connectivity index (χ1n) is 5.46. The molecule has 100 valence electrons. The van der Waals surface area contributed by atoms with Crippen LogP contribution in [0, 0.1) is 11.6 Å². The predicted octanol–water partition coefficient (Wildman–Crippen LogP) is 0.781. The Bertz CT molecular complexity index is 426. The molecule has 0 amide bonds. The van der Waals surface area contributed by atoms with Crippen LogP contribution < -0.4 is 5.32 Å². The van der Waals surface area contributed by atoms with Gasteiger partial charge in [-0.25, -0.2) is 8.78 Å². The number of aliphatic hydroxyl groups is 2. The highest BCUT2D eigenvalue weighted by atomic mass is 19.1. The van der Waals surface area contributed by atoms with E-state index in [9.17, 15) is 23.8 Å². The Morgan fingerprint density at radius 1 is 1.39 bits per heavy atom. The van der Waals surface area contributed by atoms with Gasteiger partial charge in [0.2, 0.25) is 0 Å². The van der Waals surface area contributed by atoms with Crippen molar-refractivity contribution in [3.8, 4) is 0 Å². The monoisotopic (exact) mass is 259 g/mol. The first-order valence-corrected chi connectivity index (χ1v) is 5.46. The molecule has 1 aromatic carbocycles. The van der Waals surface area contributed by atoms with Crippen LogP contribution in [-0.4, -0.2) is 36.2 Å². The summed E-state index contributed by atoms with van der Waals surface area (Å²) in [6, 6.07) is 1.90. The third-order valence-electron chi connectivity index (χ3n) is 2.65. The topological polar surface area (TPSA) is 69.6 Å². The van der Waals surface area contributed by atoms with Gasteiger partial charge in [-0.2, -0.15) is 0 Å². The van der Waals surface area contributed by atoms with Gasteiger partial charge in [-0.15, -0.1) is 0 Å². The van der Waals surface area contributed by atoms with E-state index in [4.69, 9.17) is 0 Å². The molecule has 2 unspecified atom stereocenters. The Hall–Kier alpha value is -1.37. The van der Waals surface area contributed by atoms with Crippen LogP contribution in [0.15, 0.2) is 12.1 Å². The molecule has 18 heavy (non-hydrogen) atoms. The lowest BCUT2D eigenvalue weighted by Gasteiger charge is -2.19. The minimum absolute atomic E-state index is 0.0425. The number of benzene rings is 1. The van der Waals surface area contributed by atoms with E-state index in [0.717, 1.165) is 12.1 Å². The second kappa shape index (κ2) is 6.53. The normalized spacial score (nSPS) is 14.3. The number of aldehydes is 1. The number of aliphatic hydroxyl groups excluding tert-OH is 2. The number of hydrogen-bond acceptors (Lipinski definition) is 4. The summed E-state index contributed by atoms with van der Waals surface area (Å²) >= 11 is 0. The summed E-state index contributed by atoms with van der Waals surface area (Å²) in [5, 5.41) is 22.1. The summed E-state index contributed by atoms with van der Waals surface area (Å²) in [5.74, 6) is -2.14. The number of hydrogen-bond donors (Lipinski definition) is 3. The van der Waals surface area contributed by atoms with E-state index in [1.165, 1.54) is 0 Å². The van der Waals surface area contributed by atoms with Crippen LogP contribution in [0.5, 0.6) is 0 Å². The van der Waals surface area contributed by atoms with Crippen molar-refractivity contribution in [2.45, 2.75) is 18.6 Å². The maximum absolute atomic E-state index is 13.7. The molecule has 6 heteroatoms. The molecule has 0 aliphatic heterocycles. The van der Waals surface area contributed by atoms with Crippen LogP contribution in [0.3, 0.4) is 0 Å². The molecule has 0 aliphatic rings. The van der Waals surface area contributed by atoms with Crippen molar-refractivity contribution in [2.75, 3.05) is 13.6 Å². The van der Waals surface area contributed by atoms with E-state index in [1.807, 2.05) is 0 Å². The van der Waals surface area contributed by atoms with Gasteiger partial charge >= 0.3 is 0 Å². The van der Waals surface area contributed by atoms with E-state index < -0.39 is 29.4 Å². The molecule has 4 nitrogen and oxygen atoms in total. The molecule has 3 N–H and O–H groups in total. The fourth-order valence-corrected chi connectivity index (χ4v) is 1.58. The number of carbonyl (C=O) groups is 1. The van der Waals surface area contributed by atoms with Crippen molar-refractivity contribution in [1.29, 1.82) is 0 Å². The van der Waals surface area contributed by atoms with Gasteiger partial charge < -0.3 is 15.5 Å². The number of nitrogens with one attached hydrogen (secondary N) is 1. The zero-order valence-corrected chi connectivity index (χ0v) is 9.86. The molecule has 0 saturated heterocycles. The Morgan fingerprint density at radius 2 is 2.06 bits per heavy atom. The minimum atomic E-state index is -1.50. The summed E-state index contributed by atoms with van der Waals surface area (Å²) in [6.07, 6.45) is -2.46. The molecule has 0 fully saturated rings. The van der Waals surface area contributed by atoms with Crippen molar-refractivity contribution in [2.24, 2.45) is 0 Å². The number of rotatable bonds is 6. The highest BCUT2D eigenvalue weighted by molar-refractivity contribution is 5.76. The third-order valence-corrected chi connectivity index (χ3v) is 2.65. The second-order valence-electron chi connectivity index (χ2n) is 3.89. The van der Waals surface area contributed by atoms with Crippen LogP contribution in [0.25, 0.3) is 0 Å².